The summed E-state index contributed by atoms with van der Waals surface area (Å²) in [5.74, 6) is -0.184. The molecule has 3 rings (SSSR count). The van der Waals surface area contributed by atoms with Gasteiger partial charge in [0.2, 0.25) is 0 Å². The first-order valence-corrected chi connectivity index (χ1v) is 11.1. The van der Waals surface area contributed by atoms with Crippen LogP contribution in [-0.4, -0.2) is 51.2 Å². The molecule has 0 saturated carbocycles. The molecule has 2 aromatic carbocycles. The molecule has 0 spiro atoms. The molecule has 1 aliphatic heterocycles. The highest BCUT2D eigenvalue weighted by Crippen LogP contribution is 2.23. The van der Waals surface area contributed by atoms with E-state index in [-0.39, 0.29) is 22.1 Å². The summed E-state index contributed by atoms with van der Waals surface area (Å²) in [6.45, 7) is 4.24. The van der Waals surface area contributed by atoms with E-state index in [1.54, 1.807) is 23.1 Å². The summed E-state index contributed by atoms with van der Waals surface area (Å²) in [4.78, 5) is 17.0. The second-order valence-electron chi connectivity index (χ2n) is 6.57. The summed E-state index contributed by atoms with van der Waals surface area (Å²) in [5, 5.41) is 0.682. The Labute approximate surface area is 165 Å². The minimum Gasteiger partial charge on any atom is -0.368 e. The van der Waals surface area contributed by atoms with Gasteiger partial charge in [0.1, 0.15) is 0 Å². The predicted octanol–water partition coefficient (Wildman–Crippen LogP) is 3.49. The summed E-state index contributed by atoms with van der Waals surface area (Å²) >= 11 is 6.06. The summed E-state index contributed by atoms with van der Waals surface area (Å²) < 4.78 is 25.0. The van der Waals surface area contributed by atoms with Crippen molar-refractivity contribution in [2.45, 2.75) is 18.2 Å². The first-order chi connectivity index (χ1) is 12.9. The number of piperazine rings is 1. The predicted molar refractivity (Wildman–Crippen MR) is 108 cm³/mol. The maximum Gasteiger partial charge on any atom is 0.255 e. The number of halogens is 1. The van der Waals surface area contributed by atoms with E-state index in [1.807, 2.05) is 31.2 Å². The van der Waals surface area contributed by atoms with Gasteiger partial charge in [0, 0.05) is 36.9 Å². The van der Waals surface area contributed by atoms with Crippen molar-refractivity contribution < 1.29 is 13.2 Å². The summed E-state index contributed by atoms with van der Waals surface area (Å²) in [6, 6.07) is 14.1. The Morgan fingerprint density at radius 2 is 1.74 bits per heavy atom. The first-order valence-electron chi connectivity index (χ1n) is 9.04. The fourth-order valence-electron chi connectivity index (χ4n) is 3.30. The van der Waals surface area contributed by atoms with Crippen LogP contribution < -0.4 is 4.90 Å². The summed E-state index contributed by atoms with van der Waals surface area (Å²) in [6.07, 6.45) is 0.517. The number of carbonyl (C=O) groups excluding carboxylic acids is 1. The molecule has 27 heavy (non-hydrogen) atoms. The standard InChI is InChI=1S/C20H23ClN2O3S/c1-2-14-27(25,26)19-9-4-3-8-18(19)20(24)23-12-10-22(11-13-23)17-7-5-6-16(21)15-17/h3-9,15H,2,10-14H2,1H3. The fraction of sp³-hybridized carbons (Fsp3) is 0.350. The number of anilines is 1. The molecule has 0 radical (unpaired) electrons. The van der Waals surface area contributed by atoms with E-state index in [2.05, 4.69) is 4.90 Å². The quantitative estimate of drug-likeness (QED) is 0.762. The Kier molecular flexibility index (Phi) is 6.07. The maximum atomic E-state index is 13.0. The van der Waals surface area contributed by atoms with Crippen molar-refractivity contribution in [2.24, 2.45) is 0 Å². The van der Waals surface area contributed by atoms with Gasteiger partial charge < -0.3 is 9.80 Å². The molecule has 0 aromatic heterocycles. The van der Waals surface area contributed by atoms with E-state index in [0.717, 1.165) is 5.69 Å². The number of carbonyl (C=O) groups is 1. The first kappa shape index (κ1) is 19.7. The average molecular weight is 407 g/mol. The molecule has 0 atom stereocenters. The minimum atomic E-state index is -3.46. The van der Waals surface area contributed by atoms with Crippen LogP contribution in [0.25, 0.3) is 0 Å². The van der Waals surface area contributed by atoms with Gasteiger partial charge in [-0.25, -0.2) is 8.42 Å². The molecule has 7 heteroatoms. The van der Waals surface area contributed by atoms with Crippen molar-refractivity contribution in [3.05, 3.63) is 59.1 Å². The van der Waals surface area contributed by atoms with Crippen LogP contribution in [0.3, 0.4) is 0 Å². The third-order valence-electron chi connectivity index (χ3n) is 4.67. The Hall–Kier alpha value is -2.05. The summed E-state index contributed by atoms with van der Waals surface area (Å²) in [7, 11) is -3.46. The number of amides is 1. The molecule has 1 aliphatic rings. The van der Waals surface area contributed by atoms with Crippen molar-refractivity contribution >= 4 is 33.0 Å². The van der Waals surface area contributed by atoms with Crippen LogP contribution in [0.5, 0.6) is 0 Å². The van der Waals surface area contributed by atoms with Gasteiger partial charge in [-0.1, -0.05) is 36.7 Å². The molecule has 0 unspecified atom stereocenters. The van der Waals surface area contributed by atoms with Gasteiger partial charge in [-0.15, -0.1) is 0 Å². The third kappa shape index (κ3) is 4.45. The molecule has 5 nitrogen and oxygen atoms in total. The summed E-state index contributed by atoms with van der Waals surface area (Å²) in [5.41, 5.74) is 1.29. The highest BCUT2D eigenvalue weighted by atomic mass is 35.5. The lowest BCUT2D eigenvalue weighted by Gasteiger charge is -2.36. The molecule has 1 fully saturated rings. The van der Waals surface area contributed by atoms with E-state index < -0.39 is 9.84 Å². The van der Waals surface area contributed by atoms with E-state index in [4.69, 9.17) is 11.6 Å². The van der Waals surface area contributed by atoms with Crippen molar-refractivity contribution in [3.63, 3.8) is 0 Å². The van der Waals surface area contributed by atoms with Crippen molar-refractivity contribution in [1.82, 2.24) is 4.90 Å². The van der Waals surface area contributed by atoms with E-state index >= 15 is 0 Å². The third-order valence-corrected chi connectivity index (χ3v) is 6.87. The van der Waals surface area contributed by atoms with Gasteiger partial charge in [-0.2, -0.15) is 0 Å². The Bertz CT molecular complexity index is 922. The second-order valence-corrected chi connectivity index (χ2v) is 9.09. The molecule has 1 heterocycles. The largest absolute Gasteiger partial charge is 0.368 e. The minimum absolute atomic E-state index is 0.0415. The normalized spacial score (nSPS) is 15.0. The van der Waals surface area contributed by atoms with E-state index in [1.165, 1.54) is 6.07 Å². The van der Waals surface area contributed by atoms with Gasteiger partial charge >= 0.3 is 0 Å². The monoisotopic (exact) mass is 406 g/mol. The molecule has 1 saturated heterocycles. The molecule has 144 valence electrons. The molecular formula is C20H23ClN2O3S. The molecular weight excluding hydrogens is 384 g/mol. The Balaban J connectivity index is 1.75. The highest BCUT2D eigenvalue weighted by Gasteiger charge is 2.27. The fourth-order valence-corrected chi connectivity index (χ4v) is 5.02. The SMILES string of the molecule is CCCS(=O)(=O)c1ccccc1C(=O)N1CCN(c2cccc(Cl)c2)CC1. The molecule has 0 bridgehead atoms. The zero-order chi connectivity index (χ0) is 19.4. The number of rotatable bonds is 5. The van der Waals surface area contributed by atoms with Crippen LogP contribution in [0.1, 0.15) is 23.7 Å². The number of nitrogens with zero attached hydrogens (tertiary/aromatic N) is 2. The smallest absolute Gasteiger partial charge is 0.255 e. The van der Waals surface area contributed by atoms with Crippen LogP contribution in [0, 0.1) is 0 Å². The van der Waals surface area contributed by atoms with Crippen molar-refractivity contribution in [3.8, 4) is 0 Å². The second kappa shape index (κ2) is 8.31. The van der Waals surface area contributed by atoms with Gasteiger partial charge in [0.15, 0.2) is 9.84 Å². The average Bonchev–Trinajstić information content (AvgIpc) is 2.67. The van der Waals surface area contributed by atoms with Crippen molar-refractivity contribution in [2.75, 3.05) is 36.8 Å². The van der Waals surface area contributed by atoms with Crippen LogP contribution in [0.15, 0.2) is 53.4 Å². The molecule has 0 N–H and O–H groups in total. The lowest BCUT2D eigenvalue weighted by molar-refractivity contribution is 0.0743. The van der Waals surface area contributed by atoms with Crippen LogP contribution in [0.2, 0.25) is 5.02 Å². The van der Waals surface area contributed by atoms with Gasteiger partial charge in [-0.05, 0) is 36.8 Å². The lowest BCUT2D eigenvalue weighted by Crippen LogP contribution is -2.49. The Morgan fingerprint density at radius 3 is 2.41 bits per heavy atom. The topological polar surface area (TPSA) is 57.7 Å². The zero-order valence-corrected chi connectivity index (χ0v) is 16.8. The van der Waals surface area contributed by atoms with Crippen LogP contribution in [0.4, 0.5) is 5.69 Å². The van der Waals surface area contributed by atoms with Gasteiger partial charge in [-0.3, -0.25) is 4.79 Å². The number of hydrogen-bond donors (Lipinski definition) is 0. The van der Waals surface area contributed by atoms with Gasteiger partial charge in [0.05, 0.1) is 16.2 Å². The lowest BCUT2D eigenvalue weighted by atomic mass is 10.1. The molecule has 1 amide bonds. The van der Waals surface area contributed by atoms with Crippen LogP contribution >= 0.6 is 11.6 Å². The van der Waals surface area contributed by atoms with Gasteiger partial charge in [0.25, 0.3) is 5.91 Å². The number of benzene rings is 2. The Morgan fingerprint density at radius 1 is 1.04 bits per heavy atom. The maximum absolute atomic E-state index is 13.0. The zero-order valence-electron chi connectivity index (χ0n) is 15.3. The van der Waals surface area contributed by atoms with E-state index in [9.17, 15) is 13.2 Å². The van der Waals surface area contributed by atoms with Crippen LogP contribution in [-0.2, 0) is 9.84 Å². The number of sulfone groups is 1. The van der Waals surface area contributed by atoms with Crippen molar-refractivity contribution in [1.29, 1.82) is 0 Å². The molecule has 2 aromatic rings. The number of hydrogen-bond acceptors (Lipinski definition) is 4. The molecule has 0 aliphatic carbocycles. The highest BCUT2D eigenvalue weighted by molar-refractivity contribution is 7.91. The van der Waals surface area contributed by atoms with E-state index in [0.29, 0.717) is 37.6 Å².